The normalized spacial score (nSPS) is 10.5. The van der Waals surface area contributed by atoms with Gasteiger partial charge in [-0.05, 0) is 111 Å². The van der Waals surface area contributed by atoms with Crippen LogP contribution < -0.4 is 21.7 Å². The monoisotopic (exact) mass is 808 g/mol. The molecule has 0 spiro atoms. The number of benzene rings is 2. The summed E-state index contributed by atoms with van der Waals surface area (Å²) in [6.07, 6.45) is 5.55. The molecule has 4 aromatic heterocycles. The molecule has 0 saturated heterocycles. The van der Waals surface area contributed by atoms with Crippen LogP contribution in [0.3, 0.4) is 0 Å². The number of anilines is 5. The smallest absolute Gasteiger partial charge is 0.229 e. The van der Waals surface area contributed by atoms with Crippen molar-refractivity contribution in [3.63, 3.8) is 0 Å². The van der Waals surface area contributed by atoms with Gasteiger partial charge in [0, 0.05) is 52.2 Å². The van der Waals surface area contributed by atoms with Crippen molar-refractivity contribution in [3.8, 4) is 22.5 Å². The molecule has 16 heteroatoms. The number of nitrogens with two attached hydrogens (primary N) is 1. The largest absolute Gasteiger partial charge is 0.370 e. The zero-order valence-electron chi connectivity index (χ0n) is 31.6. The van der Waals surface area contributed by atoms with E-state index in [0.29, 0.717) is 17.0 Å². The Labute approximate surface area is 338 Å². The van der Waals surface area contributed by atoms with Crippen LogP contribution in [-0.4, -0.2) is 94.1 Å². The fourth-order valence-corrected chi connectivity index (χ4v) is 6.08. The third-order valence-corrected chi connectivity index (χ3v) is 9.00. The lowest BCUT2D eigenvalue weighted by molar-refractivity contribution is 0.403. The van der Waals surface area contributed by atoms with Crippen LogP contribution >= 0.6 is 46.7 Å². The van der Waals surface area contributed by atoms with E-state index >= 15 is 0 Å². The molecule has 5 N–H and O–H groups in total. The number of nitrogens with one attached hydrogen (secondary N) is 3. The fourth-order valence-electron chi connectivity index (χ4n) is 4.70. The van der Waals surface area contributed by atoms with Crippen LogP contribution in [0.2, 0.25) is 5.15 Å². The molecule has 6 aromatic rings. The second-order valence-electron chi connectivity index (χ2n) is 12.4. The molecule has 0 atom stereocenters. The summed E-state index contributed by atoms with van der Waals surface area (Å²) >= 11 is 9.13. The minimum absolute atomic E-state index is 0. The summed E-state index contributed by atoms with van der Waals surface area (Å²) in [4.78, 5) is 30.4. The lowest BCUT2D eigenvalue weighted by atomic mass is 10.1. The van der Waals surface area contributed by atoms with Crippen LogP contribution in [0.1, 0.15) is 22.9 Å². The molecular formula is C38H50Cl2N12S2. The zero-order chi connectivity index (χ0) is 38.0. The molecule has 0 saturated carbocycles. The highest BCUT2D eigenvalue weighted by molar-refractivity contribution is 7.10. The minimum atomic E-state index is 0. The topological polar surface area (TPSA) is 146 Å². The highest BCUT2D eigenvalue weighted by Crippen LogP contribution is 2.26. The van der Waals surface area contributed by atoms with Crippen LogP contribution in [0.4, 0.5) is 29.1 Å². The van der Waals surface area contributed by atoms with Gasteiger partial charge in [0.05, 0.1) is 21.4 Å². The molecule has 4 heterocycles. The predicted molar refractivity (Wildman–Crippen MR) is 231 cm³/mol. The summed E-state index contributed by atoms with van der Waals surface area (Å²) in [5, 5.41) is 16.4. The van der Waals surface area contributed by atoms with Gasteiger partial charge in [-0.3, -0.25) is 0 Å². The quantitative estimate of drug-likeness (QED) is 0.0617. The SMILES string of the molecule is CN(C)CCCN.Cc1nc(-c2cccc(Nc3nccc(Cl)n3)c2)cs1.Cc1nc(-c2cccc(Nc3nccc(NCCCN(C)C)n3)c2)cs1.Cl. The Morgan fingerprint density at radius 1 is 0.685 bits per heavy atom. The number of hydrogen-bond acceptors (Lipinski definition) is 14. The highest BCUT2D eigenvalue weighted by Gasteiger charge is 2.06. The van der Waals surface area contributed by atoms with Crippen LogP contribution in [-0.2, 0) is 0 Å². The number of halogens is 2. The van der Waals surface area contributed by atoms with Crippen molar-refractivity contribution in [3.05, 3.63) is 99.0 Å². The van der Waals surface area contributed by atoms with Gasteiger partial charge in [-0.25, -0.2) is 24.9 Å². The van der Waals surface area contributed by atoms with E-state index in [0.717, 1.165) is 88.7 Å². The molecule has 0 radical (unpaired) electrons. The Hall–Kier alpha value is -4.28. The fraction of sp³-hybridized carbons (Fsp3) is 0.316. The summed E-state index contributed by atoms with van der Waals surface area (Å²) in [7, 11) is 8.26. The Kier molecular flexibility index (Phi) is 19.2. The summed E-state index contributed by atoms with van der Waals surface area (Å²) in [5.74, 6) is 1.88. The van der Waals surface area contributed by atoms with Crippen LogP contribution in [0, 0.1) is 13.8 Å². The first-order valence-electron chi connectivity index (χ1n) is 17.2. The van der Waals surface area contributed by atoms with E-state index in [-0.39, 0.29) is 12.4 Å². The van der Waals surface area contributed by atoms with Gasteiger partial charge in [-0.1, -0.05) is 35.9 Å². The first-order valence-corrected chi connectivity index (χ1v) is 19.4. The maximum absolute atomic E-state index is 5.84. The molecule has 0 aliphatic heterocycles. The van der Waals surface area contributed by atoms with Gasteiger partial charge in [0.1, 0.15) is 11.0 Å². The van der Waals surface area contributed by atoms with E-state index in [1.807, 2.05) is 61.7 Å². The molecule has 288 valence electrons. The number of nitrogens with zero attached hydrogens (tertiary/aromatic N) is 8. The van der Waals surface area contributed by atoms with Crippen molar-refractivity contribution in [2.24, 2.45) is 5.73 Å². The molecule has 0 unspecified atom stereocenters. The molecule has 6 rings (SSSR count). The third-order valence-electron chi connectivity index (χ3n) is 7.24. The van der Waals surface area contributed by atoms with E-state index in [2.05, 4.69) is 101 Å². The van der Waals surface area contributed by atoms with E-state index < -0.39 is 0 Å². The molecule has 0 aliphatic carbocycles. The number of thiazole rings is 2. The molecule has 0 fully saturated rings. The molecule has 2 aromatic carbocycles. The predicted octanol–water partition coefficient (Wildman–Crippen LogP) is 8.64. The van der Waals surface area contributed by atoms with Crippen molar-refractivity contribution in [2.45, 2.75) is 26.7 Å². The molecule has 54 heavy (non-hydrogen) atoms. The Balaban J connectivity index is 0.000000248. The number of aromatic nitrogens is 6. The second-order valence-corrected chi connectivity index (χ2v) is 14.9. The molecular weight excluding hydrogens is 760 g/mol. The van der Waals surface area contributed by atoms with Crippen molar-refractivity contribution < 1.29 is 0 Å². The van der Waals surface area contributed by atoms with Crippen molar-refractivity contribution in [2.75, 3.05) is 70.3 Å². The zero-order valence-corrected chi connectivity index (χ0v) is 34.8. The summed E-state index contributed by atoms with van der Waals surface area (Å²) in [6, 6.07) is 19.6. The van der Waals surface area contributed by atoms with Crippen LogP contribution in [0.15, 0.2) is 83.8 Å². The van der Waals surface area contributed by atoms with Gasteiger partial charge < -0.3 is 31.5 Å². The van der Waals surface area contributed by atoms with E-state index in [1.165, 1.54) is 0 Å². The van der Waals surface area contributed by atoms with Crippen LogP contribution in [0.25, 0.3) is 22.5 Å². The molecule has 0 aliphatic rings. The average Bonchev–Trinajstić information content (AvgIpc) is 3.78. The maximum atomic E-state index is 5.84. The van der Waals surface area contributed by atoms with E-state index in [9.17, 15) is 0 Å². The van der Waals surface area contributed by atoms with Crippen molar-refractivity contribution in [1.82, 2.24) is 39.7 Å². The number of aryl methyl sites for hydroxylation is 2. The van der Waals surface area contributed by atoms with Crippen molar-refractivity contribution in [1.29, 1.82) is 0 Å². The Bertz CT molecular complexity index is 1970. The number of hydrogen-bond donors (Lipinski definition) is 4. The van der Waals surface area contributed by atoms with Gasteiger partial charge >= 0.3 is 0 Å². The van der Waals surface area contributed by atoms with Gasteiger partial charge in [0.15, 0.2) is 0 Å². The van der Waals surface area contributed by atoms with E-state index in [4.69, 9.17) is 17.3 Å². The van der Waals surface area contributed by atoms with Gasteiger partial charge in [0.2, 0.25) is 11.9 Å². The second kappa shape index (κ2) is 23.5. The molecule has 0 amide bonds. The van der Waals surface area contributed by atoms with Gasteiger partial charge in [-0.2, -0.15) is 4.98 Å². The lowest BCUT2D eigenvalue weighted by Crippen LogP contribution is -2.16. The molecule has 0 bridgehead atoms. The van der Waals surface area contributed by atoms with E-state index in [1.54, 1.807) is 41.1 Å². The van der Waals surface area contributed by atoms with Crippen LogP contribution in [0.5, 0.6) is 0 Å². The minimum Gasteiger partial charge on any atom is -0.370 e. The van der Waals surface area contributed by atoms with Gasteiger partial charge in [0.25, 0.3) is 0 Å². The maximum Gasteiger partial charge on any atom is 0.229 e. The standard InChI is InChI=1S/C19H24N6S.C14H11ClN4S.C5H14N2.ClH/c1-14-22-17(13-26-14)15-6-4-7-16(12-15)23-19-21-10-8-18(24-19)20-9-5-11-25(2)3;1-9-17-12(8-20-9)10-3-2-4-11(7-10)18-14-16-6-5-13(15)19-14;1-7(2)5-3-4-6;/h4,6-8,10,12-13H,5,9,11H2,1-3H3,(H2,20,21,23,24);2-8H,1H3,(H,16,18,19);3-6H2,1-2H3;1H. The first-order chi connectivity index (χ1) is 25.6. The summed E-state index contributed by atoms with van der Waals surface area (Å²) in [6.45, 7) is 7.85. The number of rotatable bonds is 14. The summed E-state index contributed by atoms with van der Waals surface area (Å²) < 4.78 is 0. The highest BCUT2D eigenvalue weighted by atomic mass is 35.5. The Morgan fingerprint density at radius 3 is 1.67 bits per heavy atom. The van der Waals surface area contributed by atoms with Crippen molar-refractivity contribution >= 4 is 75.8 Å². The van der Waals surface area contributed by atoms with Gasteiger partial charge in [-0.15, -0.1) is 35.1 Å². The lowest BCUT2D eigenvalue weighted by Gasteiger charge is -2.11. The molecule has 12 nitrogen and oxygen atoms in total. The third kappa shape index (κ3) is 16.0. The summed E-state index contributed by atoms with van der Waals surface area (Å²) in [5.41, 5.74) is 11.2. The average molecular weight is 810 g/mol. The first kappa shape index (κ1) is 44.1. The Morgan fingerprint density at radius 2 is 1.20 bits per heavy atom.